The minimum Gasteiger partial charge on any atom is -0.516 e. The lowest BCUT2D eigenvalue weighted by molar-refractivity contribution is 0.371. The summed E-state index contributed by atoms with van der Waals surface area (Å²) in [5, 5.41) is 14.4. The lowest BCUT2D eigenvalue weighted by Gasteiger charge is -1.50. The summed E-state index contributed by atoms with van der Waals surface area (Å²) < 4.78 is 22.2. The Bertz CT molecular complexity index is 189. The van der Waals surface area contributed by atoms with E-state index in [2.05, 4.69) is 16.6 Å². The maximum atomic E-state index is 9.39. The second kappa shape index (κ2) is 17.1. The Hall–Kier alpha value is -1.09. The minimum absolute atomic E-state index is 0.750. The first-order chi connectivity index (χ1) is 5.95. The zero-order valence-corrected chi connectivity index (χ0v) is 8.06. The van der Waals surface area contributed by atoms with Crippen molar-refractivity contribution < 1.29 is 28.3 Å². The van der Waals surface area contributed by atoms with Gasteiger partial charge in [-0.1, -0.05) is 6.58 Å². The summed E-state index contributed by atoms with van der Waals surface area (Å²) in [7, 11) is -5.85. The third-order valence-corrected chi connectivity index (χ3v) is 1.26. The molecule has 0 radical (unpaired) electrons. The quantitative estimate of drug-likeness (QED) is 0.230. The van der Waals surface area contributed by atoms with Gasteiger partial charge in [0.2, 0.25) is 0 Å². The molecule has 0 saturated carbocycles. The van der Waals surface area contributed by atoms with Crippen LogP contribution >= 0.6 is 16.5 Å². The number of hydrogen-bond acceptors (Lipinski definition) is 6. The number of aliphatic hydroxyl groups is 1. The van der Waals surface area contributed by atoms with Crippen molar-refractivity contribution in [2.45, 2.75) is 0 Å². The summed E-state index contributed by atoms with van der Waals surface area (Å²) in [6.45, 7) is 2.92. The second-order valence-corrected chi connectivity index (χ2v) is 2.47. The smallest absolute Gasteiger partial charge is 0.516 e. The van der Waals surface area contributed by atoms with E-state index in [0.29, 0.717) is 0 Å². The van der Waals surface area contributed by atoms with E-state index in [0.717, 1.165) is 6.26 Å². The molecule has 5 N–H and O–H groups in total. The summed E-state index contributed by atoms with van der Waals surface area (Å²) in [6.07, 6.45) is 2.00. The van der Waals surface area contributed by atoms with Crippen molar-refractivity contribution >= 4 is 16.5 Å². The van der Waals surface area contributed by atoms with Crippen molar-refractivity contribution in [1.29, 1.82) is 5.26 Å². The van der Waals surface area contributed by atoms with Crippen LogP contribution in [0.2, 0.25) is 0 Å². The van der Waals surface area contributed by atoms with Gasteiger partial charge in [0, 0.05) is 9.13 Å². The molecule has 0 aliphatic heterocycles. The first kappa shape index (κ1) is 17.9. The molecule has 8 nitrogen and oxygen atoms in total. The lowest BCUT2D eigenvalue weighted by Crippen LogP contribution is -1.69. The Morgan fingerprint density at radius 3 is 1.62 bits per heavy atom. The highest BCUT2D eigenvalue weighted by Crippen LogP contribution is 2.30. The van der Waals surface area contributed by atoms with Gasteiger partial charge in [0.25, 0.3) is 0 Å². The van der Waals surface area contributed by atoms with E-state index in [1.165, 1.54) is 6.19 Å². The lowest BCUT2D eigenvalue weighted by atomic mass is 11.2. The van der Waals surface area contributed by atoms with Crippen LogP contribution in [0.4, 0.5) is 0 Å². The topological polar surface area (TPSA) is 154 Å². The number of aliphatic hydroxyl groups excluding tert-OH is 1. The molecule has 0 fully saturated rings. The number of nitrogens with two attached hydrogens (primary N) is 1. The average molecular weight is 230 g/mol. The van der Waals surface area contributed by atoms with Gasteiger partial charge in [-0.25, -0.2) is 0 Å². The standard InChI is InChI=1S/C2H4O.CH2N2.O5P2/c1-2-3;2-1-3;1-6(2)5-7(3)4/h2-3H,1H2;2H2;/p+2. The fourth-order valence-electron chi connectivity index (χ4n) is 0.0598. The fourth-order valence-corrected chi connectivity index (χ4v) is 0.538. The Balaban J connectivity index is -0.000000140. The van der Waals surface area contributed by atoms with Gasteiger partial charge in [0.1, 0.15) is 0 Å². The summed E-state index contributed by atoms with van der Waals surface area (Å²) in [5.74, 6) is 0. The van der Waals surface area contributed by atoms with Crippen molar-refractivity contribution in [2.75, 3.05) is 0 Å². The van der Waals surface area contributed by atoms with Gasteiger partial charge >= 0.3 is 16.5 Å². The van der Waals surface area contributed by atoms with Crippen molar-refractivity contribution in [3.8, 4) is 6.19 Å². The van der Waals surface area contributed by atoms with Gasteiger partial charge in [-0.15, -0.1) is 9.79 Å². The molecule has 10 heteroatoms. The van der Waals surface area contributed by atoms with Gasteiger partial charge in [0.15, 0.2) is 10.5 Å². The third kappa shape index (κ3) is 102. The number of hydrogen-bond donors (Lipinski definition) is 4. The van der Waals surface area contributed by atoms with E-state index in [4.69, 9.17) is 20.2 Å². The number of nitrogens with zero attached hydrogens (tertiary/aromatic N) is 1. The molecule has 0 saturated heterocycles. The van der Waals surface area contributed by atoms with Crippen LogP contribution in [0.25, 0.3) is 0 Å². The minimum atomic E-state index is -2.92. The molecule has 0 aliphatic carbocycles. The summed E-state index contributed by atoms with van der Waals surface area (Å²) in [5.41, 5.74) is 4.15. The van der Waals surface area contributed by atoms with E-state index in [1.807, 2.05) is 0 Å². The maximum absolute atomic E-state index is 9.39. The Morgan fingerprint density at radius 1 is 1.46 bits per heavy atom. The van der Waals surface area contributed by atoms with Crippen molar-refractivity contribution in [1.82, 2.24) is 0 Å². The molecule has 2 atom stereocenters. The molecule has 0 aromatic rings. The van der Waals surface area contributed by atoms with E-state index in [-0.39, 0.29) is 0 Å². The van der Waals surface area contributed by atoms with Crippen LogP contribution in [0, 0.1) is 11.5 Å². The molecule has 0 spiro atoms. The molecule has 0 amide bonds. The van der Waals surface area contributed by atoms with Crippen molar-refractivity contribution in [3.63, 3.8) is 0 Å². The normalized spacial score (nSPS) is 8.69. The van der Waals surface area contributed by atoms with Crippen LogP contribution in [-0.4, -0.2) is 14.9 Å². The molecular formula is C3H8N2O6P2+2. The molecular weight excluding hydrogens is 222 g/mol. The van der Waals surface area contributed by atoms with Crippen LogP contribution in [0.15, 0.2) is 12.8 Å². The Kier molecular flexibility index (Phi) is 23.5. The number of nitriles is 1. The van der Waals surface area contributed by atoms with Gasteiger partial charge in [-0.2, -0.15) is 5.26 Å². The zero-order chi connectivity index (χ0) is 11.3. The zero-order valence-electron chi connectivity index (χ0n) is 6.27. The first-order valence-corrected chi connectivity index (χ1v) is 4.57. The van der Waals surface area contributed by atoms with Crippen LogP contribution in [0.1, 0.15) is 0 Å². The Labute approximate surface area is 75.8 Å². The Morgan fingerprint density at radius 2 is 1.62 bits per heavy atom. The molecule has 0 heterocycles. The molecule has 0 bridgehead atoms. The van der Waals surface area contributed by atoms with E-state index in [1.54, 1.807) is 0 Å². The van der Waals surface area contributed by atoms with Crippen LogP contribution < -0.4 is 5.73 Å². The largest absolute Gasteiger partial charge is 0.745 e. The van der Waals surface area contributed by atoms with Crippen LogP contribution in [-0.2, 0) is 13.4 Å². The highest BCUT2D eigenvalue weighted by Gasteiger charge is 2.31. The summed E-state index contributed by atoms with van der Waals surface area (Å²) >= 11 is 0. The van der Waals surface area contributed by atoms with E-state index < -0.39 is 16.5 Å². The molecule has 0 aliphatic rings. The molecule has 74 valence electrons. The highest BCUT2D eigenvalue weighted by molar-refractivity contribution is 7.46. The SMILES string of the molecule is C=CO.N#CN.O=[P+](O)O[P+](=O)O. The second-order valence-electron chi connectivity index (χ2n) is 0.869. The van der Waals surface area contributed by atoms with Crippen molar-refractivity contribution in [2.24, 2.45) is 5.73 Å². The average Bonchev–Trinajstić information content (AvgIpc) is 1.86. The predicted octanol–water partition coefficient (Wildman–Crippen LogP) is 0.416. The van der Waals surface area contributed by atoms with E-state index >= 15 is 0 Å². The van der Waals surface area contributed by atoms with Crippen LogP contribution in [0.3, 0.4) is 0 Å². The van der Waals surface area contributed by atoms with Gasteiger partial charge in [-0.05, 0) is 0 Å². The third-order valence-electron chi connectivity index (χ3n) is 0.140. The first-order valence-electron chi connectivity index (χ1n) is 2.31. The van der Waals surface area contributed by atoms with Crippen molar-refractivity contribution in [3.05, 3.63) is 12.8 Å². The summed E-state index contributed by atoms with van der Waals surface area (Å²) in [4.78, 5) is 15.3. The van der Waals surface area contributed by atoms with Gasteiger partial charge in [0.05, 0.1) is 6.26 Å². The molecule has 13 heavy (non-hydrogen) atoms. The van der Waals surface area contributed by atoms with Crippen LogP contribution in [0.5, 0.6) is 0 Å². The predicted molar refractivity (Wildman–Crippen MR) is 43.4 cm³/mol. The van der Waals surface area contributed by atoms with Gasteiger partial charge in [-0.3, -0.25) is 0 Å². The van der Waals surface area contributed by atoms with E-state index in [9.17, 15) is 9.13 Å². The molecule has 0 rings (SSSR count). The monoisotopic (exact) mass is 230 g/mol. The number of rotatable bonds is 2. The summed E-state index contributed by atoms with van der Waals surface area (Å²) in [6, 6.07) is 0. The van der Waals surface area contributed by atoms with Gasteiger partial charge < -0.3 is 10.8 Å². The highest BCUT2D eigenvalue weighted by atomic mass is 31.2. The molecule has 2 unspecified atom stereocenters. The maximum Gasteiger partial charge on any atom is 0.745 e. The molecule has 0 aromatic carbocycles. The molecule has 0 aromatic heterocycles. The fraction of sp³-hybridized carbons (Fsp3) is 0.